The van der Waals surface area contributed by atoms with Gasteiger partial charge in [0.2, 0.25) is 0 Å². The van der Waals surface area contributed by atoms with Crippen molar-refractivity contribution in [3.8, 4) is 11.5 Å². The number of ether oxygens (including phenoxy) is 2. The molecule has 6 heteroatoms. The minimum atomic E-state index is -0.321. The van der Waals surface area contributed by atoms with E-state index in [0.29, 0.717) is 28.3 Å². The van der Waals surface area contributed by atoms with Gasteiger partial charge in [0, 0.05) is 16.1 Å². The Morgan fingerprint density at radius 3 is 2.42 bits per heavy atom. The van der Waals surface area contributed by atoms with Crippen molar-refractivity contribution < 1.29 is 14.3 Å². The van der Waals surface area contributed by atoms with Crippen molar-refractivity contribution >= 4 is 38.4 Å². The standard InChI is InChI=1S/C18H15BrN2O3/c1-23-14-6-3-7-15(24-2)16(14)18(22)21-13-9-8-12(19)11-5-4-10-20-17(11)13/h3-10H,1-2H3,(H,21,22). The number of hydrogen-bond acceptors (Lipinski definition) is 4. The maximum atomic E-state index is 12.8. The molecule has 0 aliphatic carbocycles. The van der Waals surface area contributed by atoms with Gasteiger partial charge in [0.05, 0.1) is 25.4 Å². The number of rotatable bonds is 4. The Morgan fingerprint density at radius 1 is 1.04 bits per heavy atom. The molecule has 5 nitrogen and oxygen atoms in total. The fraction of sp³-hybridized carbons (Fsp3) is 0.111. The lowest BCUT2D eigenvalue weighted by atomic mass is 10.1. The van der Waals surface area contributed by atoms with Gasteiger partial charge in [-0.15, -0.1) is 0 Å². The number of halogens is 1. The first-order chi connectivity index (χ1) is 11.7. The largest absolute Gasteiger partial charge is 0.496 e. The summed E-state index contributed by atoms with van der Waals surface area (Å²) >= 11 is 3.50. The average Bonchev–Trinajstić information content (AvgIpc) is 2.63. The van der Waals surface area contributed by atoms with E-state index in [0.717, 1.165) is 9.86 Å². The van der Waals surface area contributed by atoms with Crippen LogP contribution in [0.15, 0.2) is 53.1 Å². The van der Waals surface area contributed by atoms with Crippen LogP contribution >= 0.6 is 15.9 Å². The molecule has 3 rings (SSSR count). The van der Waals surface area contributed by atoms with E-state index in [4.69, 9.17) is 9.47 Å². The molecular formula is C18H15BrN2O3. The van der Waals surface area contributed by atoms with Gasteiger partial charge in [-0.1, -0.05) is 28.1 Å². The van der Waals surface area contributed by atoms with Gasteiger partial charge >= 0.3 is 0 Å². The van der Waals surface area contributed by atoms with E-state index in [1.807, 2.05) is 18.2 Å². The smallest absolute Gasteiger partial charge is 0.263 e. The van der Waals surface area contributed by atoms with Crippen LogP contribution in [0.1, 0.15) is 10.4 Å². The van der Waals surface area contributed by atoms with Gasteiger partial charge in [-0.3, -0.25) is 9.78 Å². The molecular weight excluding hydrogens is 372 g/mol. The van der Waals surface area contributed by atoms with Crippen molar-refractivity contribution in [3.05, 3.63) is 58.7 Å². The first-order valence-electron chi connectivity index (χ1n) is 7.21. The minimum Gasteiger partial charge on any atom is -0.496 e. The van der Waals surface area contributed by atoms with E-state index < -0.39 is 0 Å². The summed E-state index contributed by atoms with van der Waals surface area (Å²) in [5.41, 5.74) is 1.66. The topological polar surface area (TPSA) is 60.5 Å². The maximum absolute atomic E-state index is 12.8. The van der Waals surface area contributed by atoms with Crippen LogP contribution in [0, 0.1) is 0 Å². The van der Waals surface area contributed by atoms with Crippen molar-refractivity contribution in [2.45, 2.75) is 0 Å². The van der Waals surface area contributed by atoms with Gasteiger partial charge in [0.25, 0.3) is 5.91 Å². The van der Waals surface area contributed by atoms with Gasteiger partial charge in [0.1, 0.15) is 17.1 Å². The van der Waals surface area contributed by atoms with E-state index in [-0.39, 0.29) is 5.91 Å². The molecule has 0 unspecified atom stereocenters. The van der Waals surface area contributed by atoms with Crippen LogP contribution in [-0.2, 0) is 0 Å². The Morgan fingerprint density at radius 2 is 1.75 bits per heavy atom. The molecule has 0 aliphatic rings. The highest BCUT2D eigenvalue weighted by atomic mass is 79.9. The molecule has 0 fully saturated rings. The number of nitrogens with zero attached hydrogens (tertiary/aromatic N) is 1. The predicted molar refractivity (Wildman–Crippen MR) is 96.9 cm³/mol. The van der Waals surface area contributed by atoms with E-state index in [2.05, 4.69) is 26.2 Å². The second-order valence-corrected chi connectivity index (χ2v) is 5.84. The molecule has 0 aliphatic heterocycles. The first kappa shape index (κ1) is 16.3. The van der Waals surface area contributed by atoms with Crippen LogP contribution in [0.2, 0.25) is 0 Å². The quantitative estimate of drug-likeness (QED) is 0.727. The van der Waals surface area contributed by atoms with Crippen molar-refractivity contribution in [2.24, 2.45) is 0 Å². The second kappa shape index (κ2) is 6.88. The molecule has 1 heterocycles. The highest BCUT2D eigenvalue weighted by molar-refractivity contribution is 9.10. The Hall–Kier alpha value is -2.60. The molecule has 1 N–H and O–H groups in total. The zero-order valence-corrected chi connectivity index (χ0v) is 14.8. The number of methoxy groups -OCH3 is 2. The predicted octanol–water partition coefficient (Wildman–Crippen LogP) is 4.27. The summed E-state index contributed by atoms with van der Waals surface area (Å²) in [6.07, 6.45) is 1.69. The monoisotopic (exact) mass is 386 g/mol. The highest BCUT2D eigenvalue weighted by Crippen LogP contribution is 2.32. The third-order valence-electron chi connectivity index (χ3n) is 3.62. The molecule has 0 saturated heterocycles. The van der Waals surface area contributed by atoms with Gasteiger partial charge in [0.15, 0.2) is 0 Å². The highest BCUT2D eigenvalue weighted by Gasteiger charge is 2.19. The number of anilines is 1. The average molecular weight is 387 g/mol. The third kappa shape index (κ3) is 2.92. The molecule has 0 spiro atoms. The summed E-state index contributed by atoms with van der Waals surface area (Å²) in [5, 5.41) is 3.81. The molecule has 1 aromatic heterocycles. The van der Waals surface area contributed by atoms with Gasteiger partial charge < -0.3 is 14.8 Å². The van der Waals surface area contributed by atoms with Crippen molar-refractivity contribution in [3.63, 3.8) is 0 Å². The molecule has 0 atom stereocenters. The molecule has 3 aromatic rings. The zero-order valence-electron chi connectivity index (χ0n) is 13.2. The van der Waals surface area contributed by atoms with Crippen LogP contribution in [0.25, 0.3) is 10.9 Å². The Bertz CT molecular complexity index is 890. The van der Waals surface area contributed by atoms with Gasteiger partial charge in [-0.25, -0.2) is 0 Å². The van der Waals surface area contributed by atoms with Crippen LogP contribution in [-0.4, -0.2) is 25.1 Å². The lowest BCUT2D eigenvalue weighted by molar-refractivity contribution is 0.102. The third-order valence-corrected chi connectivity index (χ3v) is 4.31. The number of nitrogens with one attached hydrogen (secondary N) is 1. The summed E-state index contributed by atoms with van der Waals surface area (Å²) in [4.78, 5) is 17.2. The maximum Gasteiger partial charge on any atom is 0.263 e. The fourth-order valence-electron chi connectivity index (χ4n) is 2.50. The molecule has 122 valence electrons. The Kier molecular flexibility index (Phi) is 4.66. The van der Waals surface area contributed by atoms with Crippen molar-refractivity contribution in [2.75, 3.05) is 19.5 Å². The lowest BCUT2D eigenvalue weighted by Gasteiger charge is -2.14. The summed E-state index contributed by atoms with van der Waals surface area (Å²) in [5.74, 6) is 0.570. The molecule has 1 amide bonds. The normalized spacial score (nSPS) is 10.5. The van der Waals surface area contributed by atoms with Crippen LogP contribution in [0.4, 0.5) is 5.69 Å². The van der Waals surface area contributed by atoms with Crippen molar-refractivity contribution in [1.82, 2.24) is 4.98 Å². The number of pyridine rings is 1. The molecule has 0 radical (unpaired) electrons. The number of carbonyl (C=O) groups excluding carboxylic acids is 1. The summed E-state index contributed by atoms with van der Waals surface area (Å²) in [6.45, 7) is 0. The summed E-state index contributed by atoms with van der Waals surface area (Å²) < 4.78 is 11.5. The van der Waals surface area contributed by atoms with E-state index >= 15 is 0 Å². The van der Waals surface area contributed by atoms with E-state index in [1.165, 1.54) is 14.2 Å². The number of amides is 1. The van der Waals surface area contributed by atoms with Crippen LogP contribution in [0.3, 0.4) is 0 Å². The second-order valence-electron chi connectivity index (χ2n) is 4.99. The first-order valence-corrected chi connectivity index (χ1v) is 8.00. The number of fused-ring (bicyclic) bond motifs is 1. The van der Waals surface area contributed by atoms with Gasteiger partial charge in [-0.05, 0) is 30.3 Å². The molecule has 0 saturated carbocycles. The number of carbonyl (C=O) groups is 1. The van der Waals surface area contributed by atoms with E-state index in [1.54, 1.807) is 30.5 Å². The van der Waals surface area contributed by atoms with E-state index in [9.17, 15) is 4.79 Å². The molecule has 24 heavy (non-hydrogen) atoms. The SMILES string of the molecule is COc1cccc(OC)c1C(=O)Nc1ccc(Br)c2cccnc12. The zero-order chi connectivity index (χ0) is 17.1. The Balaban J connectivity index is 2.04. The van der Waals surface area contributed by atoms with Crippen LogP contribution < -0.4 is 14.8 Å². The van der Waals surface area contributed by atoms with Crippen molar-refractivity contribution in [1.29, 1.82) is 0 Å². The fourth-order valence-corrected chi connectivity index (χ4v) is 2.95. The number of benzene rings is 2. The minimum absolute atomic E-state index is 0.321. The lowest BCUT2D eigenvalue weighted by Crippen LogP contribution is -2.15. The number of hydrogen-bond donors (Lipinski definition) is 1. The number of aromatic nitrogens is 1. The molecule has 0 bridgehead atoms. The summed E-state index contributed by atoms with van der Waals surface area (Å²) in [6, 6.07) is 12.7. The molecule has 2 aromatic carbocycles. The Labute approximate surface area is 147 Å². The van der Waals surface area contributed by atoms with Gasteiger partial charge in [-0.2, -0.15) is 0 Å². The summed E-state index contributed by atoms with van der Waals surface area (Å²) in [7, 11) is 3.03. The van der Waals surface area contributed by atoms with Crippen LogP contribution in [0.5, 0.6) is 11.5 Å².